The van der Waals surface area contributed by atoms with E-state index in [0.29, 0.717) is 0 Å². The Balaban J connectivity index is 2.13. The highest BCUT2D eigenvalue weighted by Gasteiger charge is 2.09. The van der Waals surface area contributed by atoms with E-state index < -0.39 is 0 Å². The van der Waals surface area contributed by atoms with E-state index in [4.69, 9.17) is 0 Å². The van der Waals surface area contributed by atoms with Crippen molar-refractivity contribution in [2.24, 2.45) is 0 Å². The summed E-state index contributed by atoms with van der Waals surface area (Å²) in [6.07, 6.45) is 6.96. The third kappa shape index (κ3) is 2.41. The fourth-order valence-corrected chi connectivity index (χ4v) is 2.04. The van der Waals surface area contributed by atoms with Crippen LogP contribution in [0.2, 0.25) is 0 Å². The van der Waals surface area contributed by atoms with Crippen molar-refractivity contribution >= 4 is 0 Å². The van der Waals surface area contributed by atoms with Gasteiger partial charge in [0.15, 0.2) is 0 Å². The standard InChI is InChI=1S/C16H13N3O/c20-11-14-5-6-15(12-3-1-7-17-9-12)19-16(14)13-4-2-8-18-10-13/h1-10,20H,11H2. The van der Waals surface area contributed by atoms with Gasteiger partial charge in [0.05, 0.1) is 18.0 Å². The molecule has 0 aliphatic heterocycles. The maximum Gasteiger partial charge on any atom is 0.0780 e. The third-order valence-electron chi connectivity index (χ3n) is 3.04. The van der Waals surface area contributed by atoms with Crippen LogP contribution >= 0.6 is 0 Å². The van der Waals surface area contributed by atoms with E-state index >= 15 is 0 Å². The summed E-state index contributed by atoms with van der Waals surface area (Å²) in [5.74, 6) is 0. The predicted molar refractivity (Wildman–Crippen MR) is 76.6 cm³/mol. The first-order valence-electron chi connectivity index (χ1n) is 6.30. The number of hydrogen-bond acceptors (Lipinski definition) is 4. The second kappa shape index (κ2) is 5.59. The zero-order valence-corrected chi connectivity index (χ0v) is 10.8. The number of pyridine rings is 3. The van der Waals surface area contributed by atoms with Crippen LogP contribution in [0.5, 0.6) is 0 Å². The molecule has 0 fully saturated rings. The molecule has 0 unspecified atom stereocenters. The van der Waals surface area contributed by atoms with Crippen LogP contribution in [0.4, 0.5) is 0 Å². The quantitative estimate of drug-likeness (QED) is 0.789. The third-order valence-corrected chi connectivity index (χ3v) is 3.04. The lowest BCUT2D eigenvalue weighted by atomic mass is 10.1. The lowest BCUT2D eigenvalue weighted by molar-refractivity contribution is 0.282. The van der Waals surface area contributed by atoms with E-state index in [1.54, 1.807) is 24.8 Å². The van der Waals surface area contributed by atoms with Gasteiger partial charge in [-0.3, -0.25) is 9.97 Å². The second-order valence-electron chi connectivity index (χ2n) is 4.35. The van der Waals surface area contributed by atoms with Crippen LogP contribution in [0.3, 0.4) is 0 Å². The van der Waals surface area contributed by atoms with Crippen LogP contribution in [0.15, 0.2) is 61.2 Å². The predicted octanol–water partition coefficient (Wildman–Crippen LogP) is 2.70. The van der Waals surface area contributed by atoms with Crippen LogP contribution in [-0.2, 0) is 6.61 Å². The van der Waals surface area contributed by atoms with E-state index in [0.717, 1.165) is 28.1 Å². The van der Waals surface area contributed by atoms with Gasteiger partial charge in [0.1, 0.15) is 0 Å². The van der Waals surface area contributed by atoms with Gasteiger partial charge in [-0.1, -0.05) is 6.07 Å². The van der Waals surface area contributed by atoms with Gasteiger partial charge < -0.3 is 5.11 Å². The molecule has 4 nitrogen and oxygen atoms in total. The Hall–Kier alpha value is -2.59. The molecule has 0 saturated heterocycles. The molecule has 0 spiro atoms. The van der Waals surface area contributed by atoms with Crippen molar-refractivity contribution in [2.75, 3.05) is 0 Å². The Morgan fingerprint density at radius 1 is 0.850 bits per heavy atom. The zero-order chi connectivity index (χ0) is 13.8. The molecular formula is C16H13N3O. The minimum atomic E-state index is -0.0510. The average Bonchev–Trinajstić information content (AvgIpc) is 2.56. The largest absolute Gasteiger partial charge is 0.392 e. The number of aliphatic hydroxyl groups excluding tert-OH is 1. The molecule has 3 heterocycles. The Morgan fingerprint density at radius 3 is 2.15 bits per heavy atom. The highest BCUT2D eigenvalue weighted by molar-refractivity contribution is 5.67. The monoisotopic (exact) mass is 263 g/mol. The Kier molecular flexibility index (Phi) is 3.48. The van der Waals surface area contributed by atoms with E-state index in [1.807, 2.05) is 36.4 Å². The van der Waals surface area contributed by atoms with Gasteiger partial charge in [0.25, 0.3) is 0 Å². The van der Waals surface area contributed by atoms with Crippen LogP contribution in [-0.4, -0.2) is 20.1 Å². The number of nitrogens with zero attached hydrogens (tertiary/aromatic N) is 3. The molecule has 0 amide bonds. The summed E-state index contributed by atoms with van der Waals surface area (Å²) in [7, 11) is 0. The Bertz CT molecular complexity index is 699. The number of aromatic nitrogens is 3. The summed E-state index contributed by atoms with van der Waals surface area (Å²) < 4.78 is 0. The summed E-state index contributed by atoms with van der Waals surface area (Å²) in [5.41, 5.74) is 4.20. The van der Waals surface area contributed by atoms with Crippen LogP contribution < -0.4 is 0 Å². The van der Waals surface area contributed by atoms with Crippen molar-refractivity contribution in [3.8, 4) is 22.5 Å². The van der Waals surface area contributed by atoms with E-state index in [-0.39, 0.29) is 6.61 Å². The normalized spacial score (nSPS) is 10.4. The molecule has 3 rings (SSSR count). The van der Waals surface area contributed by atoms with Crippen LogP contribution in [0, 0.1) is 0 Å². The minimum absolute atomic E-state index is 0.0510. The summed E-state index contributed by atoms with van der Waals surface area (Å²) in [6, 6.07) is 11.4. The van der Waals surface area contributed by atoms with Crippen molar-refractivity contribution in [2.45, 2.75) is 6.61 Å². The second-order valence-corrected chi connectivity index (χ2v) is 4.35. The van der Waals surface area contributed by atoms with Gasteiger partial charge in [0, 0.05) is 41.5 Å². The number of rotatable bonds is 3. The molecule has 4 heteroatoms. The average molecular weight is 263 g/mol. The summed E-state index contributed by atoms with van der Waals surface area (Å²) in [6.45, 7) is -0.0510. The lowest BCUT2D eigenvalue weighted by Crippen LogP contribution is -1.96. The highest BCUT2D eigenvalue weighted by atomic mass is 16.3. The molecule has 0 aliphatic carbocycles. The van der Waals surface area contributed by atoms with Crippen molar-refractivity contribution in [1.29, 1.82) is 0 Å². The van der Waals surface area contributed by atoms with Gasteiger partial charge in [-0.25, -0.2) is 4.98 Å². The van der Waals surface area contributed by atoms with Gasteiger partial charge >= 0.3 is 0 Å². The first-order chi connectivity index (χ1) is 9.88. The molecule has 98 valence electrons. The van der Waals surface area contributed by atoms with Gasteiger partial charge in [0.2, 0.25) is 0 Å². The zero-order valence-electron chi connectivity index (χ0n) is 10.8. The Morgan fingerprint density at radius 2 is 1.55 bits per heavy atom. The van der Waals surface area contributed by atoms with Crippen LogP contribution in [0.25, 0.3) is 22.5 Å². The first-order valence-corrected chi connectivity index (χ1v) is 6.30. The molecule has 0 radical (unpaired) electrons. The summed E-state index contributed by atoms with van der Waals surface area (Å²) >= 11 is 0. The molecule has 0 aliphatic rings. The lowest BCUT2D eigenvalue weighted by Gasteiger charge is -2.09. The van der Waals surface area contributed by atoms with Gasteiger partial charge in [-0.05, 0) is 30.3 Å². The maximum atomic E-state index is 9.47. The van der Waals surface area contributed by atoms with E-state index in [1.165, 1.54) is 0 Å². The fraction of sp³-hybridized carbons (Fsp3) is 0.0625. The molecule has 1 N–H and O–H groups in total. The number of hydrogen-bond donors (Lipinski definition) is 1. The Labute approximate surface area is 116 Å². The highest BCUT2D eigenvalue weighted by Crippen LogP contribution is 2.25. The van der Waals surface area contributed by atoms with Crippen molar-refractivity contribution in [3.63, 3.8) is 0 Å². The van der Waals surface area contributed by atoms with Crippen molar-refractivity contribution < 1.29 is 5.11 Å². The first kappa shape index (κ1) is 12.4. The summed E-state index contributed by atoms with van der Waals surface area (Å²) in [5, 5.41) is 9.47. The van der Waals surface area contributed by atoms with Gasteiger partial charge in [-0.15, -0.1) is 0 Å². The van der Waals surface area contributed by atoms with E-state index in [9.17, 15) is 5.11 Å². The molecule has 0 aromatic carbocycles. The maximum absolute atomic E-state index is 9.47. The number of aliphatic hydroxyl groups is 1. The van der Waals surface area contributed by atoms with E-state index in [2.05, 4.69) is 15.0 Å². The van der Waals surface area contributed by atoms with Crippen molar-refractivity contribution in [1.82, 2.24) is 15.0 Å². The molecule has 20 heavy (non-hydrogen) atoms. The molecule has 0 atom stereocenters. The smallest absolute Gasteiger partial charge is 0.0780 e. The molecular weight excluding hydrogens is 250 g/mol. The molecule has 0 bridgehead atoms. The summed E-state index contributed by atoms with van der Waals surface area (Å²) in [4.78, 5) is 12.9. The molecule has 3 aromatic heterocycles. The fourth-order valence-electron chi connectivity index (χ4n) is 2.04. The minimum Gasteiger partial charge on any atom is -0.392 e. The topological polar surface area (TPSA) is 58.9 Å². The SMILES string of the molecule is OCc1ccc(-c2cccnc2)nc1-c1cccnc1. The van der Waals surface area contributed by atoms with Gasteiger partial charge in [-0.2, -0.15) is 0 Å². The molecule has 3 aromatic rings. The van der Waals surface area contributed by atoms with Crippen molar-refractivity contribution in [3.05, 3.63) is 66.7 Å². The van der Waals surface area contributed by atoms with Crippen LogP contribution in [0.1, 0.15) is 5.56 Å². The molecule has 0 saturated carbocycles.